The van der Waals surface area contributed by atoms with Crippen molar-refractivity contribution in [2.24, 2.45) is 0 Å². The van der Waals surface area contributed by atoms with Crippen LogP contribution in [0.4, 0.5) is 5.82 Å². The second-order valence-electron chi connectivity index (χ2n) is 4.86. The molecule has 1 aliphatic rings. The molecule has 0 spiro atoms. The van der Waals surface area contributed by atoms with E-state index < -0.39 is 0 Å². The lowest BCUT2D eigenvalue weighted by Crippen LogP contribution is -2.19. The fourth-order valence-electron chi connectivity index (χ4n) is 2.33. The third-order valence-corrected chi connectivity index (χ3v) is 3.20. The van der Waals surface area contributed by atoms with Gasteiger partial charge in [-0.05, 0) is 33.2 Å². The highest BCUT2D eigenvalue weighted by molar-refractivity contribution is 5.48. The Balaban J connectivity index is 2.27. The molecular formula is C14H22N4. The summed E-state index contributed by atoms with van der Waals surface area (Å²) in [6, 6.07) is 0.358. The first-order valence-corrected chi connectivity index (χ1v) is 6.65. The summed E-state index contributed by atoms with van der Waals surface area (Å²) < 4.78 is 0. The molecule has 1 aliphatic heterocycles. The van der Waals surface area contributed by atoms with E-state index in [1.54, 1.807) is 0 Å². The Morgan fingerprint density at radius 3 is 2.94 bits per heavy atom. The quantitative estimate of drug-likeness (QED) is 0.796. The summed E-state index contributed by atoms with van der Waals surface area (Å²) in [5.41, 5.74) is 2.47. The van der Waals surface area contributed by atoms with Crippen LogP contribution in [-0.2, 0) is 12.8 Å². The number of aryl methyl sites for hydroxylation is 1. The molecule has 0 aliphatic carbocycles. The number of anilines is 1. The molecule has 1 aromatic heterocycles. The SMILES string of the molecule is C=CCC(C)Nc1nc(C)nc2c1CCNCC2. The molecule has 4 nitrogen and oxygen atoms in total. The van der Waals surface area contributed by atoms with E-state index >= 15 is 0 Å². The minimum absolute atomic E-state index is 0.358. The van der Waals surface area contributed by atoms with Gasteiger partial charge in [0.2, 0.25) is 0 Å². The van der Waals surface area contributed by atoms with Crippen molar-refractivity contribution in [2.45, 2.75) is 39.2 Å². The molecule has 98 valence electrons. The summed E-state index contributed by atoms with van der Waals surface area (Å²) in [4.78, 5) is 9.14. The van der Waals surface area contributed by atoms with Crippen molar-refractivity contribution in [1.82, 2.24) is 15.3 Å². The van der Waals surface area contributed by atoms with Crippen molar-refractivity contribution < 1.29 is 0 Å². The lowest BCUT2D eigenvalue weighted by Gasteiger charge is -2.17. The van der Waals surface area contributed by atoms with Crippen molar-refractivity contribution in [1.29, 1.82) is 0 Å². The van der Waals surface area contributed by atoms with Gasteiger partial charge in [-0.1, -0.05) is 6.08 Å². The molecule has 1 unspecified atom stereocenters. The molecule has 0 bridgehead atoms. The molecule has 1 atom stereocenters. The number of nitrogens with one attached hydrogen (secondary N) is 2. The van der Waals surface area contributed by atoms with Crippen LogP contribution in [0.15, 0.2) is 12.7 Å². The minimum atomic E-state index is 0.358. The fourth-order valence-corrected chi connectivity index (χ4v) is 2.33. The zero-order valence-corrected chi connectivity index (χ0v) is 11.3. The van der Waals surface area contributed by atoms with Crippen LogP contribution >= 0.6 is 0 Å². The molecule has 2 heterocycles. The standard InChI is InChI=1S/C14H22N4/c1-4-5-10(2)16-14-12-6-8-15-9-7-13(12)17-11(3)18-14/h4,10,15H,1,5-9H2,2-3H3,(H,16,17,18). The number of rotatable bonds is 4. The normalized spacial score (nSPS) is 16.6. The fraction of sp³-hybridized carbons (Fsp3) is 0.571. The van der Waals surface area contributed by atoms with Gasteiger partial charge >= 0.3 is 0 Å². The first-order valence-electron chi connectivity index (χ1n) is 6.65. The number of hydrogen-bond donors (Lipinski definition) is 2. The Labute approximate surface area is 109 Å². The largest absolute Gasteiger partial charge is 0.367 e. The number of nitrogens with zero attached hydrogens (tertiary/aromatic N) is 2. The second kappa shape index (κ2) is 5.96. The molecule has 0 aromatic carbocycles. The van der Waals surface area contributed by atoms with Gasteiger partial charge in [0.15, 0.2) is 0 Å². The predicted octanol–water partition coefficient (Wildman–Crippen LogP) is 1.85. The van der Waals surface area contributed by atoms with E-state index in [9.17, 15) is 0 Å². The van der Waals surface area contributed by atoms with Crippen molar-refractivity contribution in [3.8, 4) is 0 Å². The molecule has 1 aromatic rings. The van der Waals surface area contributed by atoms with Gasteiger partial charge in [-0.2, -0.15) is 0 Å². The van der Waals surface area contributed by atoms with Gasteiger partial charge < -0.3 is 10.6 Å². The average molecular weight is 246 g/mol. The molecule has 0 saturated heterocycles. The zero-order chi connectivity index (χ0) is 13.0. The van der Waals surface area contributed by atoms with Crippen molar-refractivity contribution in [3.05, 3.63) is 29.7 Å². The van der Waals surface area contributed by atoms with Gasteiger partial charge in [-0.15, -0.1) is 6.58 Å². The van der Waals surface area contributed by atoms with Crippen molar-refractivity contribution in [2.75, 3.05) is 18.4 Å². The third-order valence-electron chi connectivity index (χ3n) is 3.20. The second-order valence-corrected chi connectivity index (χ2v) is 4.86. The van der Waals surface area contributed by atoms with Gasteiger partial charge in [0.05, 0.1) is 5.69 Å². The van der Waals surface area contributed by atoms with E-state index in [-0.39, 0.29) is 0 Å². The first kappa shape index (κ1) is 13.0. The van der Waals surface area contributed by atoms with E-state index in [1.165, 1.54) is 11.3 Å². The maximum Gasteiger partial charge on any atom is 0.133 e. The molecule has 0 saturated carbocycles. The van der Waals surface area contributed by atoms with Gasteiger partial charge in [-0.25, -0.2) is 9.97 Å². The number of aromatic nitrogens is 2. The Morgan fingerprint density at radius 1 is 1.39 bits per heavy atom. The molecule has 2 rings (SSSR count). The Kier molecular flexibility index (Phi) is 4.31. The summed E-state index contributed by atoms with van der Waals surface area (Å²) in [5, 5.41) is 6.90. The molecule has 0 fully saturated rings. The average Bonchev–Trinajstić information content (AvgIpc) is 2.54. The smallest absolute Gasteiger partial charge is 0.133 e. The molecule has 4 heteroatoms. The highest BCUT2D eigenvalue weighted by Crippen LogP contribution is 2.20. The van der Waals surface area contributed by atoms with E-state index in [2.05, 4.69) is 34.1 Å². The molecule has 0 radical (unpaired) electrons. The van der Waals surface area contributed by atoms with Crippen molar-refractivity contribution in [3.63, 3.8) is 0 Å². The van der Waals surface area contributed by atoms with Gasteiger partial charge in [-0.3, -0.25) is 0 Å². The minimum Gasteiger partial charge on any atom is -0.367 e. The van der Waals surface area contributed by atoms with Crippen LogP contribution in [0, 0.1) is 6.92 Å². The Hall–Kier alpha value is -1.42. The Morgan fingerprint density at radius 2 is 2.17 bits per heavy atom. The molecule has 0 amide bonds. The van der Waals surface area contributed by atoms with Crippen LogP contribution in [-0.4, -0.2) is 29.1 Å². The lowest BCUT2D eigenvalue weighted by atomic mass is 10.1. The van der Waals surface area contributed by atoms with Crippen LogP contribution in [0.3, 0.4) is 0 Å². The summed E-state index contributed by atoms with van der Waals surface area (Å²) in [7, 11) is 0. The summed E-state index contributed by atoms with van der Waals surface area (Å²) in [6.07, 6.45) is 4.87. The Bertz CT molecular complexity index is 428. The van der Waals surface area contributed by atoms with Crippen LogP contribution in [0.25, 0.3) is 0 Å². The first-order chi connectivity index (χ1) is 8.70. The van der Waals surface area contributed by atoms with E-state index in [0.717, 1.165) is 44.0 Å². The van der Waals surface area contributed by atoms with Crippen LogP contribution in [0.2, 0.25) is 0 Å². The van der Waals surface area contributed by atoms with Gasteiger partial charge in [0, 0.05) is 24.6 Å². The maximum absolute atomic E-state index is 4.58. The monoisotopic (exact) mass is 246 g/mol. The predicted molar refractivity (Wildman–Crippen MR) is 74.9 cm³/mol. The van der Waals surface area contributed by atoms with E-state index in [0.29, 0.717) is 6.04 Å². The van der Waals surface area contributed by atoms with Crippen LogP contribution in [0.5, 0.6) is 0 Å². The van der Waals surface area contributed by atoms with E-state index in [4.69, 9.17) is 0 Å². The highest BCUT2D eigenvalue weighted by atomic mass is 15.1. The maximum atomic E-state index is 4.58. The highest BCUT2D eigenvalue weighted by Gasteiger charge is 2.16. The lowest BCUT2D eigenvalue weighted by molar-refractivity contribution is 0.708. The summed E-state index contributed by atoms with van der Waals surface area (Å²) >= 11 is 0. The molecule has 18 heavy (non-hydrogen) atoms. The molecule has 2 N–H and O–H groups in total. The van der Waals surface area contributed by atoms with Gasteiger partial charge in [0.1, 0.15) is 11.6 Å². The zero-order valence-electron chi connectivity index (χ0n) is 11.3. The third kappa shape index (κ3) is 3.07. The number of fused-ring (bicyclic) bond motifs is 1. The van der Waals surface area contributed by atoms with Crippen LogP contribution < -0.4 is 10.6 Å². The number of hydrogen-bond acceptors (Lipinski definition) is 4. The topological polar surface area (TPSA) is 49.8 Å². The molecular weight excluding hydrogens is 224 g/mol. The van der Waals surface area contributed by atoms with Crippen molar-refractivity contribution >= 4 is 5.82 Å². The summed E-state index contributed by atoms with van der Waals surface area (Å²) in [6.45, 7) is 9.90. The van der Waals surface area contributed by atoms with Gasteiger partial charge in [0.25, 0.3) is 0 Å². The van der Waals surface area contributed by atoms with E-state index in [1.807, 2.05) is 13.0 Å². The summed E-state index contributed by atoms with van der Waals surface area (Å²) in [5.74, 6) is 1.86. The van der Waals surface area contributed by atoms with Crippen LogP contribution in [0.1, 0.15) is 30.4 Å².